The van der Waals surface area contributed by atoms with Crippen LogP contribution in [0.2, 0.25) is 0 Å². The lowest BCUT2D eigenvalue weighted by Gasteiger charge is -2.49. The van der Waals surface area contributed by atoms with E-state index in [-0.39, 0.29) is 11.3 Å². The third kappa shape index (κ3) is 2.35. The van der Waals surface area contributed by atoms with Gasteiger partial charge in [0.25, 0.3) is 0 Å². The Morgan fingerprint density at radius 1 is 1.07 bits per heavy atom. The van der Waals surface area contributed by atoms with Gasteiger partial charge in [-0.3, -0.25) is 4.79 Å². The molecule has 2 aromatic rings. The number of rotatable bonds is 2. The smallest absolute Gasteiger partial charge is 0.223 e. The lowest BCUT2D eigenvalue weighted by Crippen LogP contribution is -2.68. The fraction of sp³-hybridized carbons (Fsp3) is 0.400. The van der Waals surface area contributed by atoms with Gasteiger partial charge in [-0.1, -0.05) is 56.3 Å². The Bertz CT molecular complexity index is 1010. The van der Waals surface area contributed by atoms with Gasteiger partial charge in [0, 0.05) is 48.8 Å². The second-order valence-corrected chi connectivity index (χ2v) is 9.15. The van der Waals surface area contributed by atoms with Gasteiger partial charge < -0.3 is 15.1 Å². The van der Waals surface area contributed by atoms with Crippen molar-refractivity contribution in [2.24, 2.45) is 0 Å². The van der Waals surface area contributed by atoms with E-state index in [9.17, 15) is 4.79 Å². The highest BCUT2D eigenvalue weighted by Crippen LogP contribution is 2.52. The molecular weight excluding hydrogens is 358 g/mol. The summed E-state index contributed by atoms with van der Waals surface area (Å²) in [5, 5.41) is 3.39. The zero-order valence-electron chi connectivity index (χ0n) is 17.6. The molecule has 0 spiro atoms. The molecule has 1 saturated heterocycles. The first kappa shape index (κ1) is 18.3. The Labute approximate surface area is 173 Å². The van der Waals surface area contributed by atoms with Crippen LogP contribution in [0.1, 0.15) is 44.2 Å². The number of carbonyl (C=O) groups is 1. The number of nitrogens with one attached hydrogen (secondary N) is 1. The first-order valence-corrected chi connectivity index (χ1v) is 10.6. The van der Waals surface area contributed by atoms with Crippen LogP contribution >= 0.6 is 0 Å². The Hall–Kier alpha value is -2.75. The summed E-state index contributed by atoms with van der Waals surface area (Å²) in [6.45, 7) is 7.52. The molecule has 3 heterocycles. The molecule has 0 unspecified atom stereocenters. The number of anilines is 2. The minimum Gasteiger partial charge on any atom is -0.371 e. The molecule has 0 aliphatic carbocycles. The minimum absolute atomic E-state index is 0.128. The maximum Gasteiger partial charge on any atom is 0.223 e. The van der Waals surface area contributed by atoms with Gasteiger partial charge in [0.05, 0.1) is 0 Å². The van der Waals surface area contributed by atoms with Crippen molar-refractivity contribution >= 4 is 17.3 Å². The SMILES string of the molecule is C[C@@H]1[C@H](/C=C/[C@@]23NC(=O)CCN2c2ccccc2C3(C)C)c2ccccc2N1C. The predicted molar refractivity (Wildman–Crippen MR) is 118 cm³/mol. The standard InChI is InChI=1S/C25H29N3O/c1-17-18(19-9-5-7-11-21(19)27(17)4)13-15-25-24(2,3)20-10-6-8-12-22(20)28(25)16-14-23(29)26-25/h5-13,15,17-18H,14,16H2,1-4H3,(H,26,29)/b15-13+/t17-,18+,25-/m1/s1. The monoisotopic (exact) mass is 387 g/mol. The molecule has 0 bridgehead atoms. The molecule has 4 nitrogen and oxygen atoms in total. The van der Waals surface area contributed by atoms with Crippen molar-refractivity contribution < 1.29 is 4.79 Å². The minimum atomic E-state index is -0.540. The van der Waals surface area contributed by atoms with Crippen LogP contribution in [0.15, 0.2) is 60.7 Å². The van der Waals surface area contributed by atoms with Crippen molar-refractivity contribution in [3.63, 3.8) is 0 Å². The molecule has 3 atom stereocenters. The van der Waals surface area contributed by atoms with Gasteiger partial charge in [0.1, 0.15) is 5.66 Å². The van der Waals surface area contributed by atoms with Crippen LogP contribution in [-0.4, -0.2) is 31.2 Å². The largest absolute Gasteiger partial charge is 0.371 e. The first-order chi connectivity index (χ1) is 13.9. The van der Waals surface area contributed by atoms with Crippen molar-refractivity contribution in [2.75, 3.05) is 23.4 Å². The molecule has 150 valence electrons. The molecule has 3 aliphatic heterocycles. The van der Waals surface area contributed by atoms with Crippen molar-refractivity contribution in [1.82, 2.24) is 5.32 Å². The van der Waals surface area contributed by atoms with Crippen LogP contribution in [-0.2, 0) is 10.2 Å². The van der Waals surface area contributed by atoms with Gasteiger partial charge in [-0.15, -0.1) is 0 Å². The number of para-hydroxylation sites is 2. The molecule has 0 radical (unpaired) electrons. The van der Waals surface area contributed by atoms with Crippen molar-refractivity contribution in [3.8, 4) is 0 Å². The number of carbonyl (C=O) groups excluding carboxylic acids is 1. The number of likely N-dealkylation sites (N-methyl/N-ethyl adjacent to an activating group) is 1. The average Bonchev–Trinajstić information content (AvgIpc) is 3.07. The van der Waals surface area contributed by atoms with E-state index < -0.39 is 5.66 Å². The summed E-state index contributed by atoms with van der Waals surface area (Å²) in [6, 6.07) is 17.6. The fourth-order valence-electron chi connectivity index (χ4n) is 5.64. The van der Waals surface area contributed by atoms with Crippen LogP contribution in [0.3, 0.4) is 0 Å². The molecule has 1 amide bonds. The maximum absolute atomic E-state index is 12.6. The van der Waals surface area contributed by atoms with Crippen LogP contribution in [0.25, 0.3) is 0 Å². The zero-order chi connectivity index (χ0) is 20.4. The van der Waals surface area contributed by atoms with Gasteiger partial charge in [-0.05, 0) is 36.3 Å². The Morgan fingerprint density at radius 2 is 1.76 bits per heavy atom. The highest BCUT2D eigenvalue weighted by Gasteiger charge is 2.57. The summed E-state index contributed by atoms with van der Waals surface area (Å²) in [6.07, 6.45) is 5.14. The first-order valence-electron chi connectivity index (χ1n) is 10.6. The molecule has 2 aromatic carbocycles. The summed E-state index contributed by atoms with van der Waals surface area (Å²) in [5.41, 5.74) is 4.41. The summed E-state index contributed by atoms with van der Waals surface area (Å²) >= 11 is 0. The number of amides is 1. The highest BCUT2D eigenvalue weighted by molar-refractivity contribution is 5.84. The Kier molecular flexibility index (Phi) is 3.86. The van der Waals surface area contributed by atoms with Crippen LogP contribution in [0, 0.1) is 0 Å². The second-order valence-electron chi connectivity index (χ2n) is 9.15. The van der Waals surface area contributed by atoms with Gasteiger partial charge >= 0.3 is 0 Å². The molecule has 0 aromatic heterocycles. The van der Waals surface area contributed by atoms with E-state index in [0.717, 1.165) is 6.54 Å². The number of hydrogen-bond donors (Lipinski definition) is 1. The van der Waals surface area contributed by atoms with E-state index in [4.69, 9.17) is 0 Å². The predicted octanol–water partition coefficient (Wildman–Crippen LogP) is 4.18. The number of nitrogens with zero attached hydrogens (tertiary/aromatic N) is 2. The van der Waals surface area contributed by atoms with Crippen LogP contribution < -0.4 is 15.1 Å². The summed E-state index contributed by atoms with van der Waals surface area (Å²) < 4.78 is 0. The Morgan fingerprint density at radius 3 is 2.55 bits per heavy atom. The topological polar surface area (TPSA) is 35.6 Å². The van der Waals surface area contributed by atoms with Crippen molar-refractivity contribution in [1.29, 1.82) is 0 Å². The van der Waals surface area contributed by atoms with E-state index in [2.05, 4.69) is 104 Å². The maximum atomic E-state index is 12.6. The lowest BCUT2D eigenvalue weighted by molar-refractivity contribution is -0.124. The van der Waals surface area contributed by atoms with Crippen LogP contribution in [0.4, 0.5) is 11.4 Å². The van der Waals surface area contributed by atoms with E-state index in [1.807, 2.05) is 0 Å². The lowest BCUT2D eigenvalue weighted by atomic mass is 9.74. The number of benzene rings is 2. The molecule has 1 fully saturated rings. The van der Waals surface area contributed by atoms with Crippen LogP contribution in [0.5, 0.6) is 0 Å². The van der Waals surface area contributed by atoms with Gasteiger partial charge in [0.2, 0.25) is 5.91 Å². The van der Waals surface area contributed by atoms with Gasteiger partial charge in [0.15, 0.2) is 0 Å². The summed E-state index contributed by atoms with van der Waals surface area (Å²) in [4.78, 5) is 17.3. The zero-order valence-corrected chi connectivity index (χ0v) is 17.6. The van der Waals surface area contributed by atoms with E-state index in [0.29, 0.717) is 18.4 Å². The summed E-state index contributed by atoms with van der Waals surface area (Å²) in [5.74, 6) is 0.425. The van der Waals surface area contributed by atoms with E-state index in [1.165, 1.54) is 22.5 Å². The third-order valence-electron chi connectivity index (χ3n) is 7.49. The molecule has 3 aliphatic rings. The molecular formula is C25H29N3O. The molecule has 5 rings (SSSR count). The van der Waals surface area contributed by atoms with Crippen molar-refractivity contribution in [2.45, 2.75) is 50.2 Å². The second kappa shape index (κ2) is 6.12. The molecule has 0 saturated carbocycles. The normalized spacial score (nSPS) is 29.6. The number of hydrogen-bond acceptors (Lipinski definition) is 3. The average molecular weight is 388 g/mol. The third-order valence-corrected chi connectivity index (χ3v) is 7.49. The molecule has 29 heavy (non-hydrogen) atoms. The van der Waals surface area contributed by atoms with E-state index >= 15 is 0 Å². The van der Waals surface area contributed by atoms with Gasteiger partial charge in [-0.25, -0.2) is 0 Å². The quantitative estimate of drug-likeness (QED) is 0.786. The Balaban J connectivity index is 1.61. The van der Waals surface area contributed by atoms with Gasteiger partial charge in [-0.2, -0.15) is 0 Å². The van der Waals surface area contributed by atoms with Crippen molar-refractivity contribution in [3.05, 3.63) is 71.8 Å². The molecule has 4 heteroatoms. The number of fused-ring (bicyclic) bond motifs is 4. The molecule has 1 N–H and O–H groups in total. The fourth-order valence-corrected chi connectivity index (χ4v) is 5.64. The summed E-state index contributed by atoms with van der Waals surface area (Å²) in [7, 11) is 2.17. The highest BCUT2D eigenvalue weighted by atomic mass is 16.2. The van der Waals surface area contributed by atoms with E-state index in [1.54, 1.807) is 0 Å².